The van der Waals surface area contributed by atoms with Gasteiger partial charge in [0, 0.05) is 28.7 Å². The molecule has 6 nitrogen and oxygen atoms in total. The van der Waals surface area contributed by atoms with E-state index in [9.17, 15) is 19.1 Å². The predicted octanol–water partition coefficient (Wildman–Crippen LogP) is 4.40. The van der Waals surface area contributed by atoms with E-state index >= 15 is 4.39 Å². The largest absolute Gasteiger partial charge is 0.390 e. The van der Waals surface area contributed by atoms with Gasteiger partial charge in [0.05, 0.1) is 11.6 Å². The van der Waals surface area contributed by atoms with E-state index < -0.39 is 46.6 Å². The zero-order chi connectivity index (χ0) is 26.9. The summed E-state index contributed by atoms with van der Waals surface area (Å²) in [5, 5.41) is 19.8. The number of anilines is 1. The molecule has 1 spiro atoms. The quantitative estimate of drug-likeness (QED) is 0.471. The molecular formula is C28H32ClF2N3O3. The van der Waals surface area contributed by atoms with Crippen LogP contribution in [-0.4, -0.2) is 40.6 Å². The molecule has 1 saturated carbocycles. The van der Waals surface area contributed by atoms with Crippen LogP contribution in [0.25, 0.3) is 0 Å². The van der Waals surface area contributed by atoms with Crippen LogP contribution in [0.1, 0.15) is 64.0 Å². The van der Waals surface area contributed by atoms with Crippen molar-refractivity contribution in [1.29, 1.82) is 0 Å². The van der Waals surface area contributed by atoms with E-state index in [0.29, 0.717) is 35.5 Å². The summed E-state index contributed by atoms with van der Waals surface area (Å²) < 4.78 is 30.0. The van der Waals surface area contributed by atoms with Crippen LogP contribution in [0.2, 0.25) is 5.02 Å². The van der Waals surface area contributed by atoms with E-state index in [2.05, 4.69) is 16.0 Å². The average Bonchev–Trinajstić information content (AvgIpc) is 3.23. The van der Waals surface area contributed by atoms with E-state index in [-0.39, 0.29) is 22.9 Å². The van der Waals surface area contributed by atoms with Gasteiger partial charge in [-0.05, 0) is 60.9 Å². The predicted molar refractivity (Wildman–Crippen MR) is 137 cm³/mol. The number of aliphatic hydroxyl groups is 1. The first-order valence-corrected chi connectivity index (χ1v) is 12.9. The molecule has 9 heteroatoms. The van der Waals surface area contributed by atoms with Crippen LogP contribution in [0.15, 0.2) is 36.4 Å². The molecule has 0 aromatic heterocycles. The molecule has 3 aliphatic rings. The lowest BCUT2D eigenvalue weighted by molar-refractivity contribution is -0.127. The van der Waals surface area contributed by atoms with Gasteiger partial charge in [-0.3, -0.25) is 9.59 Å². The number of halogens is 3. The fourth-order valence-electron chi connectivity index (χ4n) is 6.55. The number of fused-ring (bicyclic) bond motifs is 2. The van der Waals surface area contributed by atoms with Gasteiger partial charge in [-0.15, -0.1) is 0 Å². The van der Waals surface area contributed by atoms with Crippen molar-refractivity contribution < 1.29 is 23.5 Å². The smallest absolute Gasteiger partial charge is 0.238 e. The van der Waals surface area contributed by atoms with Crippen LogP contribution in [0.5, 0.6) is 0 Å². The van der Waals surface area contributed by atoms with Gasteiger partial charge in [-0.1, -0.05) is 50.6 Å². The summed E-state index contributed by atoms with van der Waals surface area (Å²) in [6.07, 6.45) is 1.27. The molecular weight excluding hydrogens is 500 g/mol. The van der Waals surface area contributed by atoms with E-state index in [1.54, 1.807) is 25.1 Å². The SMILES string of the molecule is CC(C)(C)C[C@@H]1N[C@@H](C(=O)NC2CC(C)(O)C2)[C@H](c2cccc(F)c2F)C12C(=O)Nc1cc(Cl)ccc12. The normalized spacial score (nSPS) is 32.7. The van der Waals surface area contributed by atoms with Crippen molar-refractivity contribution in [1.82, 2.24) is 10.6 Å². The Morgan fingerprint density at radius 1 is 1.22 bits per heavy atom. The number of carbonyl (C=O) groups is 2. The minimum atomic E-state index is -1.39. The number of nitrogens with one attached hydrogen (secondary N) is 3. The molecule has 2 fully saturated rings. The summed E-state index contributed by atoms with van der Waals surface area (Å²) in [5.74, 6) is -3.97. The Morgan fingerprint density at radius 2 is 1.92 bits per heavy atom. The number of rotatable bonds is 4. The monoisotopic (exact) mass is 531 g/mol. The fourth-order valence-corrected chi connectivity index (χ4v) is 6.72. The second-order valence-corrected chi connectivity index (χ2v) is 12.6. The standard InChI is InChI=1S/C28H32ClF2N3O3/c1-26(2,3)13-20-28(17-9-8-14(29)10-19(17)33-25(28)36)21(16-6-5-7-18(30)22(16)31)23(34-20)24(35)32-15-11-27(4,37)12-15/h5-10,15,20-21,23,34,37H,11-13H2,1-4H3,(H,32,35)(H,33,36)/t15?,20-,21-,23+,27?,28?/m0/s1. The molecule has 4 N–H and O–H groups in total. The van der Waals surface area contributed by atoms with Gasteiger partial charge in [0.15, 0.2) is 11.6 Å². The third kappa shape index (κ3) is 4.33. The minimum absolute atomic E-state index is 0.0392. The molecule has 2 amide bonds. The number of benzene rings is 2. The third-order valence-electron chi connectivity index (χ3n) is 7.94. The van der Waals surface area contributed by atoms with Gasteiger partial charge in [0.25, 0.3) is 0 Å². The highest BCUT2D eigenvalue weighted by molar-refractivity contribution is 6.31. The molecule has 37 heavy (non-hydrogen) atoms. The van der Waals surface area contributed by atoms with Crippen LogP contribution in [-0.2, 0) is 15.0 Å². The summed E-state index contributed by atoms with van der Waals surface area (Å²) in [6.45, 7) is 7.78. The van der Waals surface area contributed by atoms with Crippen molar-refractivity contribution >= 4 is 29.1 Å². The fraction of sp³-hybridized carbons (Fsp3) is 0.500. The highest BCUT2D eigenvalue weighted by atomic mass is 35.5. The second-order valence-electron chi connectivity index (χ2n) is 12.2. The van der Waals surface area contributed by atoms with E-state index in [1.165, 1.54) is 12.1 Å². The van der Waals surface area contributed by atoms with Gasteiger partial charge < -0.3 is 21.1 Å². The van der Waals surface area contributed by atoms with Gasteiger partial charge in [0.2, 0.25) is 11.8 Å². The van der Waals surface area contributed by atoms with Crippen LogP contribution in [0.4, 0.5) is 14.5 Å². The lowest BCUT2D eigenvalue weighted by Crippen LogP contribution is -2.57. The molecule has 2 aromatic rings. The zero-order valence-electron chi connectivity index (χ0n) is 21.3. The Balaban J connectivity index is 1.69. The first kappa shape index (κ1) is 26.1. The Hall–Kier alpha value is -2.55. The van der Waals surface area contributed by atoms with Gasteiger partial charge >= 0.3 is 0 Å². The highest BCUT2D eigenvalue weighted by Gasteiger charge is 2.66. The number of hydrogen-bond donors (Lipinski definition) is 4. The number of carbonyl (C=O) groups excluding carboxylic acids is 2. The molecule has 4 atom stereocenters. The number of amides is 2. The Labute approximate surface area is 220 Å². The van der Waals surface area contributed by atoms with E-state index in [4.69, 9.17) is 11.6 Å². The summed E-state index contributed by atoms with van der Waals surface area (Å²) >= 11 is 6.23. The van der Waals surface area contributed by atoms with E-state index in [0.717, 1.165) is 6.07 Å². The van der Waals surface area contributed by atoms with Crippen molar-refractivity contribution in [3.63, 3.8) is 0 Å². The third-order valence-corrected chi connectivity index (χ3v) is 8.17. The maximum absolute atomic E-state index is 15.5. The molecule has 2 aromatic carbocycles. The van der Waals surface area contributed by atoms with Crippen LogP contribution < -0.4 is 16.0 Å². The maximum atomic E-state index is 15.5. The molecule has 2 aliphatic heterocycles. The van der Waals surface area contributed by atoms with Crippen LogP contribution >= 0.6 is 11.6 Å². The Kier molecular flexibility index (Phi) is 6.17. The Bertz CT molecular complexity index is 1270. The second kappa shape index (κ2) is 8.75. The molecule has 0 radical (unpaired) electrons. The summed E-state index contributed by atoms with van der Waals surface area (Å²) in [6, 6.07) is 7.07. The minimum Gasteiger partial charge on any atom is -0.390 e. The zero-order valence-corrected chi connectivity index (χ0v) is 22.0. The van der Waals surface area contributed by atoms with Crippen molar-refractivity contribution in [3.8, 4) is 0 Å². The summed E-state index contributed by atoms with van der Waals surface area (Å²) in [5.41, 5.74) is -1.45. The maximum Gasteiger partial charge on any atom is 0.238 e. The molecule has 1 saturated heterocycles. The first-order valence-electron chi connectivity index (χ1n) is 12.6. The first-order chi connectivity index (χ1) is 17.2. The van der Waals surface area contributed by atoms with Crippen molar-refractivity contribution in [3.05, 3.63) is 64.2 Å². The Morgan fingerprint density at radius 3 is 2.57 bits per heavy atom. The van der Waals surface area contributed by atoms with Crippen molar-refractivity contribution in [2.45, 2.75) is 82.0 Å². The molecule has 0 bridgehead atoms. The lowest BCUT2D eigenvalue weighted by Gasteiger charge is -2.42. The van der Waals surface area contributed by atoms with E-state index in [1.807, 2.05) is 20.8 Å². The molecule has 5 rings (SSSR count). The number of hydrogen-bond acceptors (Lipinski definition) is 4. The molecule has 2 heterocycles. The van der Waals surface area contributed by atoms with Crippen LogP contribution in [0.3, 0.4) is 0 Å². The highest BCUT2D eigenvalue weighted by Crippen LogP contribution is 2.57. The molecule has 198 valence electrons. The van der Waals surface area contributed by atoms with Crippen molar-refractivity contribution in [2.75, 3.05) is 5.32 Å². The lowest BCUT2D eigenvalue weighted by atomic mass is 9.62. The molecule has 1 aliphatic carbocycles. The topological polar surface area (TPSA) is 90.5 Å². The summed E-state index contributed by atoms with van der Waals surface area (Å²) in [7, 11) is 0. The summed E-state index contributed by atoms with van der Waals surface area (Å²) in [4.78, 5) is 27.7. The molecule has 1 unspecified atom stereocenters. The van der Waals surface area contributed by atoms with Crippen molar-refractivity contribution in [2.24, 2.45) is 5.41 Å². The average molecular weight is 532 g/mol. The van der Waals surface area contributed by atoms with Gasteiger partial charge in [0.1, 0.15) is 5.41 Å². The van der Waals surface area contributed by atoms with Gasteiger partial charge in [-0.2, -0.15) is 0 Å². The van der Waals surface area contributed by atoms with Gasteiger partial charge in [-0.25, -0.2) is 8.78 Å². The van der Waals surface area contributed by atoms with Crippen LogP contribution in [0, 0.1) is 17.0 Å².